The monoisotopic (exact) mass is 259 g/mol. The molecule has 0 heterocycles. The van der Waals surface area contributed by atoms with Crippen molar-refractivity contribution in [1.82, 2.24) is 4.90 Å². The number of carbonyl (C=O) groups is 2. The molecule has 0 atom stereocenters. The van der Waals surface area contributed by atoms with E-state index in [9.17, 15) is 9.59 Å². The van der Waals surface area contributed by atoms with E-state index in [1.807, 2.05) is 0 Å². The highest BCUT2D eigenvalue weighted by atomic mass is 16.4. The smallest absolute Gasteiger partial charge is 0.330 e. The third-order valence-electron chi connectivity index (χ3n) is 1.81. The van der Waals surface area contributed by atoms with E-state index >= 15 is 0 Å². The summed E-state index contributed by atoms with van der Waals surface area (Å²) in [6.07, 6.45) is 0. The number of carboxylic acid groups (broad SMARTS) is 2. The van der Waals surface area contributed by atoms with Crippen molar-refractivity contribution in [3.8, 4) is 0 Å². The van der Waals surface area contributed by atoms with Crippen LogP contribution in [-0.4, -0.2) is 47.2 Å². The number of nitrogens with zero attached hydrogens (tertiary/aromatic N) is 1. The average molecular weight is 259 g/mol. The fourth-order valence-electron chi connectivity index (χ4n) is 0.224. The van der Waals surface area contributed by atoms with Gasteiger partial charge in [-0.3, -0.25) is 0 Å². The first kappa shape index (κ1) is 21.6. The number of rotatable bonds is 4. The highest BCUT2D eigenvalue weighted by Crippen LogP contribution is 1.81. The van der Waals surface area contributed by atoms with E-state index in [4.69, 9.17) is 10.2 Å². The third kappa shape index (κ3) is 23.9. The van der Waals surface area contributed by atoms with Crippen LogP contribution in [0, 0.1) is 0 Å². The number of carboxylic acids is 2. The maximum atomic E-state index is 9.60. The molecule has 0 aliphatic carbocycles. The SMILES string of the molecule is C=C(C)C(=O)O.C=C(C)C(=O)O.CCN(C)CC. The van der Waals surface area contributed by atoms with Crippen LogP contribution in [0.1, 0.15) is 27.7 Å². The minimum Gasteiger partial charge on any atom is -0.478 e. The van der Waals surface area contributed by atoms with Crippen LogP contribution >= 0.6 is 0 Å². The van der Waals surface area contributed by atoms with Gasteiger partial charge in [0.25, 0.3) is 0 Å². The van der Waals surface area contributed by atoms with Gasteiger partial charge in [0.15, 0.2) is 0 Å². The molecule has 0 aliphatic rings. The van der Waals surface area contributed by atoms with Crippen molar-refractivity contribution in [3.05, 3.63) is 24.3 Å². The molecule has 106 valence electrons. The van der Waals surface area contributed by atoms with Gasteiger partial charge in [-0.2, -0.15) is 0 Å². The van der Waals surface area contributed by atoms with E-state index < -0.39 is 11.9 Å². The van der Waals surface area contributed by atoms with Gasteiger partial charge in [0.05, 0.1) is 0 Å². The van der Waals surface area contributed by atoms with E-state index in [1.54, 1.807) is 0 Å². The summed E-state index contributed by atoms with van der Waals surface area (Å²) in [7, 11) is 2.11. The average Bonchev–Trinajstić information content (AvgIpc) is 2.29. The van der Waals surface area contributed by atoms with Gasteiger partial charge >= 0.3 is 11.9 Å². The Labute approximate surface area is 109 Å². The Hall–Kier alpha value is -1.62. The Morgan fingerprint density at radius 1 is 0.944 bits per heavy atom. The van der Waals surface area contributed by atoms with Gasteiger partial charge in [-0.1, -0.05) is 27.0 Å². The highest BCUT2D eigenvalue weighted by molar-refractivity contribution is 5.85. The van der Waals surface area contributed by atoms with Crippen molar-refractivity contribution in [2.45, 2.75) is 27.7 Å². The molecule has 0 aromatic rings. The van der Waals surface area contributed by atoms with Gasteiger partial charge in [0.2, 0.25) is 0 Å². The molecular weight excluding hydrogens is 234 g/mol. The zero-order valence-electron chi connectivity index (χ0n) is 12.0. The molecule has 0 aromatic heterocycles. The summed E-state index contributed by atoms with van der Waals surface area (Å²) in [4.78, 5) is 21.4. The van der Waals surface area contributed by atoms with E-state index in [1.165, 1.54) is 13.8 Å². The van der Waals surface area contributed by atoms with Crippen LogP contribution < -0.4 is 0 Å². The maximum Gasteiger partial charge on any atom is 0.330 e. The summed E-state index contributed by atoms with van der Waals surface area (Å²) in [6, 6.07) is 0. The maximum absolute atomic E-state index is 9.60. The Balaban J connectivity index is -0.000000187. The van der Waals surface area contributed by atoms with Gasteiger partial charge in [0, 0.05) is 11.1 Å². The molecule has 0 unspecified atom stereocenters. The minimum atomic E-state index is -0.935. The minimum absolute atomic E-state index is 0.176. The number of hydrogen-bond acceptors (Lipinski definition) is 3. The fraction of sp³-hybridized carbons (Fsp3) is 0.538. The normalized spacial score (nSPS) is 8.33. The number of aliphatic carboxylic acids is 2. The van der Waals surface area contributed by atoms with E-state index in [-0.39, 0.29) is 11.1 Å². The summed E-state index contributed by atoms with van der Waals surface area (Å²) >= 11 is 0. The van der Waals surface area contributed by atoms with Crippen LogP contribution in [0.5, 0.6) is 0 Å². The predicted octanol–water partition coefficient (Wildman–Crippen LogP) is 2.25. The summed E-state index contributed by atoms with van der Waals surface area (Å²) in [6.45, 7) is 15.8. The molecule has 0 saturated heterocycles. The molecule has 0 spiro atoms. The van der Waals surface area contributed by atoms with Crippen molar-refractivity contribution >= 4 is 11.9 Å². The summed E-state index contributed by atoms with van der Waals surface area (Å²) in [5.74, 6) is -1.87. The van der Waals surface area contributed by atoms with Crippen molar-refractivity contribution in [1.29, 1.82) is 0 Å². The molecule has 2 N–H and O–H groups in total. The first-order chi connectivity index (χ1) is 8.09. The summed E-state index contributed by atoms with van der Waals surface area (Å²) in [5, 5.41) is 15.8. The van der Waals surface area contributed by atoms with E-state index in [2.05, 4.69) is 39.0 Å². The van der Waals surface area contributed by atoms with Crippen LogP contribution in [0.3, 0.4) is 0 Å². The van der Waals surface area contributed by atoms with E-state index in [0.717, 1.165) is 13.1 Å². The second kappa shape index (κ2) is 13.4. The fourth-order valence-corrected chi connectivity index (χ4v) is 0.224. The van der Waals surface area contributed by atoms with E-state index in [0.29, 0.717) is 0 Å². The lowest BCUT2D eigenvalue weighted by Crippen LogP contribution is -2.15. The Kier molecular flexibility index (Phi) is 16.2. The second-order valence-corrected chi connectivity index (χ2v) is 3.66. The Bertz CT molecular complexity index is 233. The third-order valence-corrected chi connectivity index (χ3v) is 1.81. The molecular formula is C13H25NO4. The topological polar surface area (TPSA) is 77.8 Å². The molecule has 0 bridgehead atoms. The van der Waals surface area contributed by atoms with Crippen molar-refractivity contribution in [3.63, 3.8) is 0 Å². The zero-order chi connectivity index (χ0) is 15.3. The van der Waals surface area contributed by atoms with Crippen LogP contribution in [0.4, 0.5) is 0 Å². The van der Waals surface area contributed by atoms with Crippen LogP contribution in [-0.2, 0) is 9.59 Å². The molecule has 0 aliphatic heterocycles. The van der Waals surface area contributed by atoms with Gasteiger partial charge in [0.1, 0.15) is 0 Å². The summed E-state index contributed by atoms with van der Waals surface area (Å²) in [5.41, 5.74) is 0.352. The Morgan fingerprint density at radius 2 is 1.11 bits per heavy atom. The van der Waals surface area contributed by atoms with Crippen molar-refractivity contribution in [2.75, 3.05) is 20.1 Å². The zero-order valence-corrected chi connectivity index (χ0v) is 12.0. The molecule has 0 fully saturated rings. The quantitative estimate of drug-likeness (QED) is 0.757. The lowest BCUT2D eigenvalue weighted by atomic mass is 10.4. The van der Waals surface area contributed by atoms with Gasteiger partial charge in [-0.25, -0.2) is 9.59 Å². The first-order valence-corrected chi connectivity index (χ1v) is 5.56. The van der Waals surface area contributed by atoms with Crippen molar-refractivity contribution < 1.29 is 19.8 Å². The molecule has 5 nitrogen and oxygen atoms in total. The first-order valence-electron chi connectivity index (χ1n) is 5.56. The lowest BCUT2D eigenvalue weighted by molar-refractivity contribution is -0.133. The van der Waals surface area contributed by atoms with Crippen LogP contribution in [0.2, 0.25) is 0 Å². The molecule has 5 heteroatoms. The van der Waals surface area contributed by atoms with Crippen LogP contribution in [0.25, 0.3) is 0 Å². The standard InChI is InChI=1S/C5H13N.2C4H6O2/c1-4-6(3)5-2;2*1-3(2)4(5)6/h4-5H2,1-3H3;2*1H2,2H3,(H,5,6). The second-order valence-electron chi connectivity index (χ2n) is 3.66. The highest BCUT2D eigenvalue weighted by Gasteiger charge is 1.90. The molecule has 0 saturated carbocycles. The van der Waals surface area contributed by atoms with Gasteiger partial charge in [-0.15, -0.1) is 0 Å². The molecule has 0 radical (unpaired) electrons. The summed E-state index contributed by atoms with van der Waals surface area (Å²) < 4.78 is 0. The molecule has 0 aromatic carbocycles. The van der Waals surface area contributed by atoms with Crippen LogP contribution in [0.15, 0.2) is 24.3 Å². The Morgan fingerprint density at radius 3 is 1.11 bits per heavy atom. The van der Waals surface area contributed by atoms with Gasteiger partial charge in [-0.05, 0) is 34.0 Å². The largest absolute Gasteiger partial charge is 0.478 e. The lowest BCUT2D eigenvalue weighted by Gasteiger charge is -2.07. The van der Waals surface area contributed by atoms with Crippen molar-refractivity contribution in [2.24, 2.45) is 0 Å². The predicted molar refractivity (Wildman–Crippen MR) is 73.7 cm³/mol. The molecule has 0 rings (SSSR count). The molecule has 18 heavy (non-hydrogen) atoms. The molecule has 0 amide bonds. The number of hydrogen-bond donors (Lipinski definition) is 2. The van der Waals surface area contributed by atoms with Gasteiger partial charge < -0.3 is 15.1 Å².